The van der Waals surface area contributed by atoms with Crippen LogP contribution in [0.2, 0.25) is 0 Å². The molecule has 0 atom stereocenters. The fourth-order valence-corrected chi connectivity index (χ4v) is 1.63. The molecule has 0 radical (unpaired) electrons. The highest BCUT2D eigenvalue weighted by atomic mass is 16.5. The second-order valence-electron chi connectivity index (χ2n) is 3.53. The number of hydrogen-bond donors (Lipinski definition) is 1. The fourth-order valence-electron chi connectivity index (χ4n) is 1.63. The van der Waals surface area contributed by atoms with E-state index in [1.165, 1.54) is 0 Å². The first-order chi connectivity index (χ1) is 7.72. The van der Waals surface area contributed by atoms with Crippen molar-refractivity contribution in [3.05, 3.63) is 30.2 Å². The Bertz CT molecular complexity index is 654. The van der Waals surface area contributed by atoms with Gasteiger partial charge >= 0.3 is 0 Å². The van der Waals surface area contributed by atoms with Crippen molar-refractivity contribution in [2.45, 2.75) is 6.92 Å². The molecule has 2 N–H and O–H groups in total. The van der Waals surface area contributed by atoms with Gasteiger partial charge in [0.05, 0.1) is 0 Å². The van der Waals surface area contributed by atoms with Crippen molar-refractivity contribution in [3.63, 3.8) is 0 Å². The second kappa shape index (κ2) is 3.10. The van der Waals surface area contributed by atoms with Crippen LogP contribution in [-0.4, -0.2) is 10.1 Å². The molecule has 0 fully saturated rings. The standard InChI is InChI=1S/C11H9N3O2/c1-6-13-9-4-7(2-3-10(9)15-6)8-5-11(12)16-14-8/h2-5H,12H2,1H3. The Morgan fingerprint density at radius 1 is 1.25 bits per heavy atom. The molecule has 0 spiro atoms. The van der Waals surface area contributed by atoms with Crippen LogP contribution in [0.25, 0.3) is 22.4 Å². The van der Waals surface area contributed by atoms with Gasteiger partial charge in [-0.05, 0) is 18.2 Å². The number of aromatic nitrogens is 2. The van der Waals surface area contributed by atoms with Gasteiger partial charge in [-0.3, -0.25) is 0 Å². The van der Waals surface area contributed by atoms with Gasteiger partial charge in [-0.15, -0.1) is 0 Å². The summed E-state index contributed by atoms with van der Waals surface area (Å²) >= 11 is 0. The lowest BCUT2D eigenvalue weighted by Gasteiger charge is -1.93. The quantitative estimate of drug-likeness (QED) is 0.674. The first-order valence-electron chi connectivity index (χ1n) is 4.82. The molecule has 5 nitrogen and oxygen atoms in total. The molecule has 0 saturated heterocycles. The minimum absolute atomic E-state index is 0.298. The van der Waals surface area contributed by atoms with Crippen molar-refractivity contribution in [3.8, 4) is 11.3 Å². The first-order valence-corrected chi connectivity index (χ1v) is 4.82. The van der Waals surface area contributed by atoms with E-state index in [-0.39, 0.29) is 0 Å². The summed E-state index contributed by atoms with van der Waals surface area (Å²) in [6, 6.07) is 7.32. The molecular weight excluding hydrogens is 206 g/mol. The number of hydrogen-bond acceptors (Lipinski definition) is 5. The lowest BCUT2D eigenvalue weighted by atomic mass is 10.1. The Balaban J connectivity index is 2.17. The van der Waals surface area contributed by atoms with Crippen LogP contribution in [0.3, 0.4) is 0 Å². The molecule has 2 aromatic heterocycles. The van der Waals surface area contributed by atoms with E-state index in [0.29, 0.717) is 17.5 Å². The van der Waals surface area contributed by atoms with Gasteiger partial charge < -0.3 is 14.7 Å². The average molecular weight is 215 g/mol. The number of anilines is 1. The molecule has 0 amide bonds. The van der Waals surface area contributed by atoms with Gasteiger partial charge in [0.15, 0.2) is 11.5 Å². The number of benzene rings is 1. The summed E-state index contributed by atoms with van der Waals surface area (Å²) in [6.07, 6.45) is 0. The minimum Gasteiger partial charge on any atom is -0.441 e. The largest absolute Gasteiger partial charge is 0.441 e. The number of aryl methyl sites for hydroxylation is 1. The maximum absolute atomic E-state index is 5.47. The molecule has 3 aromatic rings. The van der Waals surface area contributed by atoms with Crippen LogP contribution in [0.1, 0.15) is 5.89 Å². The predicted molar refractivity (Wildman–Crippen MR) is 58.7 cm³/mol. The molecule has 80 valence electrons. The molecule has 0 unspecified atom stereocenters. The number of oxazole rings is 1. The lowest BCUT2D eigenvalue weighted by Crippen LogP contribution is -1.78. The van der Waals surface area contributed by atoms with E-state index in [1.54, 1.807) is 6.07 Å². The van der Waals surface area contributed by atoms with Gasteiger partial charge in [0.25, 0.3) is 0 Å². The van der Waals surface area contributed by atoms with Crippen LogP contribution in [0.15, 0.2) is 33.2 Å². The first kappa shape index (κ1) is 8.96. The zero-order chi connectivity index (χ0) is 11.1. The van der Waals surface area contributed by atoms with Gasteiger partial charge in [-0.1, -0.05) is 5.16 Å². The summed E-state index contributed by atoms with van der Waals surface area (Å²) < 4.78 is 10.2. The molecular formula is C11H9N3O2. The van der Waals surface area contributed by atoms with Gasteiger partial charge in [-0.2, -0.15) is 0 Å². The molecule has 0 aliphatic rings. The third kappa shape index (κ3) is 1.33. The highest BCUT2D eigenvalue weighted by Gasteiger charge is 2.07. The molecule has 3 rings (SSSR count). The minimum atomic E-state index is 0.298. The Morgan fingerprint density at radius 2 is 2.12 bits per heavy atom. The zero-order valence-electron chi connectivity index (χ0n) is 8.60. The van der Waals surface area contributed by atoms with E-state index >= 15 is 0 Å². The summed E-state index contributed by atoms with van der Waals surface area (Å²) in [5, 5.41) is 3.84. The van der Waals surface area contributed by atoms with Crippen molar-refractivity contribution in [2.75, 3.05) is 5.73 Å². The summed E-state index contributed by atoms with van der Waals surface area (Å²) in [5.74, 6) is 0.943. The van der Waals surface area contributed by atoms with Crippen molar-refractivity contribution >= 4 is 17.0 Å². The zero-order valence-corrected chi connectivity index (χ0v) is 8.60. The van der Waals surface area contributed by atoms with Gasteiger partial charge in [-0.25, -0.2) is 4.98 Å². The number of nitrogens with two attached hydrogens (primary N) is 1. The smallest absolute Gasteiger partial charge is 0.222 e. The average Bonchev–Trinajstić information content (AvgIpc) is 2.81. The summed E-state index contributed by atoms with van der Waals surface area (Å²) in [7, 11) is 0. The number of rotatable bonds is 1. The van der Waals surface area contributed by atoms with Crippen molar-refractivity contribution < 1.29 is 8.94 Å². The fraction of sp³-hybridized carbons (Fsp3) is 0.0909. The van der Waals surface area contributed by atoms with Crippen LogP contribution in [0.4, 0.5) is 5.88 Å². The summed E-state index contributed by atoms with van der Waals surface area (Å²) in [5.41, 5.74) is 8.63. The SMILES string of the molecule is Cc1nc2cc(-c3cc(N)on3)ccc2o1. The number of nitrogens with zero attached hydrogens (tertiary/aromatic N) is 2. The third-order valence-corrected chi connectivity index (χ3v) is 2.32. The Labute approximate surface area is 90.9 Å². The Hall–Kier alpha value is -2.30. The van der Waals surface area contributed by atoms with E-state index in [9.17, 15) is 0 Å². The van der Waals surface area contributed by atoms with E-state index < -0.39 is 0 Å². The molecule has 0 aliphatic carbocycles. The lowest BCUT2D eigenvalue weighted by molar-refractivity contribution is 0.439. The summed E-state index contributed by atoms with van der Waals surface area (Å²) in [6.45, 7) is 1.81. The maximum Gasteiger partial charge on any atom is 0.222 e. The summed E-state index contributed by atoms with van der Waals surface area (Å²) in [4.78, 5) is 4.25. The normalized spacial score (nSPS) is 11.1. The van der Waals surface area contributed by atoms with E-state index in [0.717, 1.165) is 16.7 Å². The number of fused-ring (bicyclic) bond motifs is 1. The Morgan fingerprint density at radius 3 is 2.88 bits per heavy atom. The second-order valence-corrected chi connectivity index (χ2v) is 3.53. The molecule has 5 heteroatoms. The highest BCUT2D eigenvalue weighted by Crippen LogP contribution is 2.24. The predicted octanol–water partition coefficient (Wildman–Crippen LogP) is 2.37. The molecule has 0 bridgehead atoms. The molecule has 2 heterocycles. The van der Waals surface area contributed by atoms with Crippen molar-refractivity contribution in [1.82, 2.24) is 10.1 Å². The third-order valence-electron chi connectivity index (χ3n) is 2.32. The van der Waals surface area contributed by atoms with Gasteiger partial charge in [0.2, 0.25) is 5.88 Å². The highest BCUT2D eigenvalue weighted by molar-refractivity contribution is 5.79. The number of nitrogen functional groups attached to an aromatic ring is 1. The van der Waals surface area contributed by atoms with Crippen LogP contribution in [0.5, 0.6) is 0 Å². The molecule has 0 saturated carbocycles. The van der Waals surface area contributed by atoms with Gasteiger partial charge in [0.1, 0.15) is 11.2 Å². The van der Waals surface area contributed by atoms with Crippen LogP contribution in [-0.2, 0) is 0 Å². The Kier molecular flexibility index (Phi) is 1.73. The van der Waals surface area contributed by atoms with Crippen molar-refractivity contribution in [2.24, 2.45) is 0 Å². The van der Waals surface area contributed by atoms with E-state index in [2.05, 4.69) is 10.1 Å². The monoisotopic (exact) mass is 215 g/mol. The molecule has 0 aliphatic heterocycles. The van der Waals surface area contributed by atoms with Crippen LogP contribution >= 0.6 is 0 Å². The topological polar surface area (TPSA) is 78.1 Å². The van der Waals surface area contributed by atoms with E-state index in [1.807, 2.05) is 25.1 Å². The van der Waals surface area contributed by atoms with Crippen molar-refractivity contribution in [1.29, 1.82) is 0 Å². The van der Waals surface area contributed by atoms with Crippen LogP contribution < -0.4 is 5.73 Å². The van der Waals surface area contributed by atoms with Gasteiger partial charge in [0, 0.05) is 18.6 Å². The molecule has 1 aromatic carbocycles. The van der Waals surface area contributed by atoms with E-state index in [4.69, 9.17) is 14.7 Å². The maximum atomic E-state index is 5.47. The van der Waals surface area contributed by atoms with Crippen LogP contribution in [0, 0.1) is 6.92 Å². The molecule has 16 heavy (non-hydrogen) atoms.